The number of alkyl halides is 3. The molecule has 11 heteroatoms. The number of rotatable bonds is 6. The van der Waals surface area contributed by atoms with Crippen molar-refractivity contribution in [3.63, 3.8) is 0 Å². The van der Waals surface area contributed by atoms with E-state index >= 15 is 0 Å². The van der Waals surface area contributed by atoms with Crippen LogP contribution in [-0.2, 0) is 33.0 Å². The van der Waals surface area contributed by atoms with Crippen molar-refractivity contribution < 1.29 is 30.8 Å². The SMILES string of the molecule is CC(C)(C)c1cc(C(F)(F)F)c(/C=C/C(=O)NCc2ccc(NS(C)(=O)=O)c(F)c2)cn1. The zero-order chi connectivity index (χ0) is 24.3. The maximum absolute atomic E-state index is 14.0. The molecule has 0 unspecified atom stereocenters. The van der Waals surface area contributed by atoms with Crippen molar-refractivity contribution in [3.8, 4) is 0 Å². The molecule has 32 heavy (non-hydrogen) atoms. The van der Waals surface area contributed by atoms with Gasteiger partial charge in [-0.15, -0.1) is 0 Å². The molecule has 0 radical (unpaired) electrons. The standard InChI is InChI=1S/C21H23F4N3O3S/c1-20(2,3)18-10-15(21(23,24)25)14(12-26-18)6-8-19(29)27-11-13-5-7-17(16(22)9-13)28-32(4,30)31/h5-10,12,28H,11H2,1-4H3,(H,27,29)/b8-6+. The zero-order valence-corrected chi connectivity index (χ0v) is 18.7. The zero-order valence-electron chi connectivity index (χ0n) is 17.8. The molecule has 1 amide bonds. The lowest BCUT2D eigenvalue weighted by Crippen LogP contribution is -2.20. The van der Waals surface area contributed by atoms with E-state index in [1.165, 1.54) is 12.1 Å². The molecule has 1 aromatic heterocycles. The predicted molar refractivity (Wildman–Crippen MR) is 114 cm³/mol. The fourth-order valence-corrected chi connectivity index (χ4v) is 3.18. The number of hydrogen-bond donors (Lipinski definition) is 2. The average molecular weight is 473 g/mol. The lowest BCUT2D eigenvalue weighted by molar-refractivity contribution is -0.137. The van der Waals surface area contributed by atoms with Gasteiger partial charge in [-0.05, 0) is 29.8 Å². The van der Waals surface area contributed by atoms with Gasteiger partial charge >= 0.3 is 6.18 Å². The first-order valence-electron chi connectivity index (χ1n) is 9.36. The summed E-state index contributed by atoms with van der Waals surface area (Å²) in [6.45, 7) is 5.10. The number of hydrogen-bond acceptors (Lipinski definition) is 4. The maximum atomic E-state index is 14.0. The fraction of sp³-hybridized carbons (Fsp3) is 0.333. The quantitative estimate of drug-likeness (QED) is 0.485. The van der Waals surface area contributed by atoms with Gasteiger partial charge in [0.05, 0.1) is 17.5 Å². The normalized spacial score (nSPS) is 12.8. The Labute approximate surface area is 183 Å². The molecule has 0 aliphatic carbocycles. The van der Waals surface area contributed by atoms with Gasteiger partial charge < -0.3 is 5.32 Å². The highest BCUT2D eigenvalue weighted by molar-refractivity contribution is 7.92. The van der Waals surface area contributed by atoms with Crippen molar-refractivity contribution in [3.05, 3.63) is 64.7 Å². The van der Waals surface area contributed by atoms with Crippen LogP contribution in [-0.4, -0.2) is 25.6 Å². The molecule has 0 spiro atoms. The molecule has 1 heterocycles. The molecule has 2 aromatic rings. The number of carbonyl (C=O) groups excluding carboxylic acids is 1. The summed E-state index contributed by atoms with van der Waals surface area (Å²) in [5.41, 5.74) is -1.40. The van der Waals surface area contributed by atoms with Gasteiger partial charge in [0.15, 0.2) is 0 Å². The van der Waals surface area contributed by atoms with Crippen molar-refractivity contribution in [2.24, 2.45) is 0 Å². The number of sulfonamides is 1. The van der Waals surface area contributed by atoms with Crippen LogP contribution in [0.15, 0.2) is 36.5 Å². The Morgan fingerprint density at radius 3 is 2.34 bits per heavy atom. The topological polar surface area (TPSA) is 88.2 Å². The first kappa shape index (κ1) is 25.3. The Morgan fingerprint density at radius 1 is 1.16 bits per heavy atom. The summed E-state index contributed by atoms with van der Waals surface area (Å²) in [7, 11) is -3.65. The molecule has 2 rings (SSSR count). The van der Waals surface area contributed by atoms with E-state index in [1.54, 1.807) is 20.8 Å². The van der Waals surface area contributed by atoms with Gasteiger partial charge in [-0.2, -0.15) is 13.2 Å². The van der Waals surface area contributed by atoms with Gasteiger partial charge in [0.2, 0.25) is 15.9 Å². The Bertz CT molecular complexity index is 1140. The van der Waals surface area contributed by atoms with Crippen molar-refractivity contribution in [1.82, 2.24) is 10.3 Å². The molecule has 2 N–H and O–H groups in total. The van der Waals surface area contributed by atoms with Gasteiger partial charge in [0, 0.05) is 35.5 Å². The minimum atomic E-state index is -4.63. The molecule has 0 saturated carbocycles. The molecule has 0 atom stereocenters. The molecule has 0 saturated heterocycles. The van der Waals surface area contributed by atoms with E-state index in [2.05, 4.69) is 10.3 Å². The van der Waals surface area contributed by atoms with Crippen molar-refractivity contribution in [2.75, 3.05) is 11.0 Å². The van der Waals surface area contributed by atoms with E-state index in [0.29, 0.717) is 5.56 Å². The molecule has 0 bridgehead atoms. The average Bonchev–Trinajstić information content (AvgIpc) is 2.64. The lowest BCUT2D eigenvalue weighted by atomic mass is 9.90. The van der Waals surface area contributed by atoms with Crippen LogP contribution in [0.25, 0.3) is 6.08 Å². The van der Waals surface area contributed by atoms with Crippen LogP contribution in [0.4, 0.5) is 23.2 Å². The van der Waals surface area contributed by atoms with Crippen LogP contribution in [0.1, 0.15) is 43.2 Å². The molecular formula is C21H23F4N3O3S. The Hall–Kier alpha value is -2.95. The van der Waals surface area contributed by atoms with Gasteiger partial charge in [0.25, 0.3) is 0 Å². The van der Waals surface area contributed by atoms with Crippen LogP contribution in [0.3, 0.4) is 0 Å². The van der Waals surface area contributed by atoms with E-state index < -0.39 is 38.9 Å². The highest BCUT2D eigenvalue weighted by atomic mass is 32.2. The number of nitrogens with one attached hydrogen (secondary N) is 2. The summed E-state index contributed by atoms with van der Waals surface area (Å²) >= 11 is 0. The Morgan fingerprint density at radius 2 is 1.81 bits per heavy atom. The number of carbonyl (C=O) groups is 1. The smallest absolute Gasteiger partial charge is 0.348 e. The largest absolute Gasteiger partial charge is 0.417 e. The van der Waals surface area contributed by atoms with Crippen LogP contribution < -0.4 is 10.0 Å². The number of halogens is 4. The van der Waals surface area contributed by atoms with E-state index in [1.807, 2.05) is 4.72 Å². The predicted octanol–water partition coefficient (Wildman–Crippen LogP) is 4.24. The van der Waals surface area contributed by atoms with Crippen molar-refractivity contribution >= 4 is 27.7 Å². The van der Waals surface area contributed by atoms with Crippen LogP contribution in [0, 0.1) is 5.82 Å². The molecule has 6 nitrogen and oxygen atoms in total. The van der Waals surface area contributed by atoms with E-state index in [9.17, 15) is 30.8 Å². The Balaban J connectivity index is 2.12. The second-order valence-electron chi connectivity index (χ2n) is 8.14. The third-order valence-corrected chi connectivity index (χ3v) is 4.81. The fourth-order valence-electron chi connectivity index (χ4n) is 2.62. The third-order valence-electron chi connectivity index (χ3n) is 4.22. The summed E-state index contributed by atoms with van der Waals surface area (Å²) in [5, 5.41) is 2.43. The Kier molecular flexibility index (Phi) is 7.33. The van der Waals surface area contributed by atoms with Gasteiger partial charge in [-0.1, -0.05) is 26.8 Å². The summed E-state index contributed by atoms with van der Waals surface area (Å²) in [4.78, 5) is 16.1. The van der Waals surface area contributed by atoms with Crippen LogP contribution in [0.5, 0.6) is 0 Å². The minimum absolute atomic E-state index is 0.118. The molecule has 0 fully saturated rings. The second kappa shape index (κ2) is 9.27. The number of amides is 1. The molecule has 1 aromatic carbocycles. The summed E-state index contributed by atoms with van der Waals surface area (Å²) < 4.78 is 78.7. The van der Waals surface area contributed by atoms with E-state index in [-0.39, 0.29) is 23.5 Å². The van der Waals surface area contributed by atoms with Crippen LogP contribution in [0.2, 0.25) is 0 Å². The second-order valence-corrected chi connectivity index (χ2v) is 9.89. The summed E-state index contributed by atoms with van der Waals surface area (Å²) in [5.74, 6) is -1.53. The minimum Gasteiger partial charge on any atom is -0.348 e. The molecular weight excluding hydrogens is 450 g/mol. The lowest BCUT2D eigenvalue weighted by Gasteiger charge is -2.20. The number of anilines is 1. The highest BCUT2D eigenvalue weighted by Gasteiger charge is 2.34. The van der Waals surface area contributed by atoms with Gasteiger partial charge in [-0.3, -0.25) is 14.5 Å². The summed E-state index contributed by atoms with van der Waals surface area (Å²) in [6, 6.07) is 4.60. The van der Waals surface area contributed by atoms with E-state index in [4.69, 9.17) is 0 Å². The molecule has 0 aliphatic heterocycles. The number of benzene rings is 1. The highest BCUT2D eigenvalue weighted by Crippen LogP contribution is 2.34. The summed E-state index contributed by atoms with van der Waals surface area (Å²) in [6.07, 6.45) is -0.742. The molecule has 174 valence electrons. The van der Waals surface area contributed by atoms with Gasteiger partial charge in [-0.25, -0.2) is 12.8 Å². The van der Waals surface area contributed by atoms with Crippen molar-refractivity contribution in [1.29, 1.82) is 0 Å². The monoisotopic (exact) mass is 473 g/mol. The number of aromatic nitrogens is 1. The van der Waals surface area contributed by atoms with Crippen LogP contribution >= 0.6 is 0 Å². The molecule has 0 aliphatic rings. The number of nitrogens with zero attached hydrogens (tertiary/aromatic N) is 1. The number of pyridine rings is 1. The first-order chi connectivity index (χ1) is 14.6. The van der Waals surface area contributed by atoms with Gasteiger partial charge in [0.1, 0.15) is 5.82 Å². The van der Waals surface area contributed by atoms with Crippen molar-refractivity contribution in [2.45, 2.75) is 38.9 Å². The maximum Gasteiger partial charge on any atom is 0.417 e. The van der Waals surface area contributed by atoms with E-state index in [0.717, 1.165) is 36.7 Å². The third kappa shape index (κ3) is 7.33. The first-order valence-corrected chi connectivity index (χ1v) is 11.3.